The molecule has 0 fully saturated rings. The Morgan fingerprint density at radius 1 is 1.20 bits per heavy atom. The van der Waals surface area contributed by atoms with E-state index >= 15 is 0 Å². The number of hydrogen-bond acceptors (Lipinski definition) is 2. The Hall–Kier alpha value is -2.25. The van der Waals surface area contributed by atoms with E-state index in [2.05, 4.69) is 11.4 Å². The van der Waals surface area contributed by atoms with E-state index in [-0.39, 0.29) is 6.04 Å². The molecule has 1 N–H and O–H groups in total. The van der Waals surface area contributed by atoms with Gasteiger partial charge in [-0.05, 0) is 30.7 Å². The molecule has 0 saturated heterocycles. The van der Waals surface area contributed by atoms with Gasteiger partial charge in [-0.3, -0.25) is 0 Å². The molecule has 0 aliphatic heterocycles. The maximum Gasteiger partial charge on any atom is 0.130 e. The summed E-state index contributed by atoms with van der Waals surface area (Å²) < 4.78 is 26.5. The first-order chi connectivity index (χ1) is 9.60. The van der Waals surface area contributed by atoms with E-state index in [9.17, 15) is 8.78 Å². The molecule has 0 aromatic heterocycles. The van der Waals surface area contributed by atoms with Gasteiger partial charge in [0.2, 0.25) is 0 Å². The number of nitriles is 1. The van der Waals surface area contributed by atoms with Crippen LogP contribution >= 0.6 is 0 Å². The minimum absolute atomic E-state index is 0.249. The number of benzene rings is 2. The molecule has 0 radical (unpaired) electrons. The van der Waals surface area contributed by atoms with Gasteiger partial charge in [-0.25, -0.2) is 8.78 Å². The van der Waals surface area contributed by atoms with Gasteiger partial charge in [-0.1, -0.05) is 18.2 Å². The molecule has 2 rings (SSSR count). The van der Waals surface area contributed by atoms with Crippen molar-refractivity contribution in [2.75, 3.05) is 0 Å². The molecule has 2 nitrogen and oxygen atoms in total. The lowest BCUT2D eigenvalue weighted by atomic mass is 10.1. The Bertz CT molecular complexity index is 647. The van der Waals surface area contributed by atoms with Gasteiger partial charge in [0, 0.05) is 24.2 Å². The standard InChI is InChI=1S/C16H14F2N2/c1-11(15-6-5-14(17)8-16(15)18)20-10-13-4-2-3-12(7-13)9-19/h2-8,11,20H,10H2,1H3. The van der Waals surface area contributed by atoms with Crippen LogP contribution in [0.2, 0.25) is 0 Å². The Morgan fingerprint density at radius 2 is 2.00 bits per heavy atom. The SMILES string of the molecule is CC(NCc1cccc(C#N)c1)c1ccc(F)cc1F. The van der Waals surface area contributed by atoms with Crippen molar-refractivity contribution >= 4 is 0 Å². The Balaban J connectivity index is 2.04. The molecule has 4 heteroatoms. The summed E-state index contributed by atoms with van der Waals surface area (Å²) in [6.45, 7) is 2.32. The molecule has 2 aromatic carbocycles. The highest BCUT2D eigenvalue weighted by Crippen LogP contribution is 2.18. The summed E-state index contributed by atoms with van der Waals surface area (Å²) in [4.78, 5) is 0. The van der Waals surface area contributed by atoms with Gasteiger partial charge < -0.3 is 5.32 Å². The van der Waals surface area contributed by atoms with Crippen LogP contribution < -0.4 is 5.32 Å². The molecule has 1 unspecified atom stereocenters. The zero-order chi connectivity index (χ0) is 14.5. The Kier molecular flexibility index (Phi) is 4.44. The maximum atomic E-state index is 13.6. The quantitative estimate of drug-likeness (QED) is 0.921. The Morgan fingerprint density at radius 3 is 2.70 bits per heavy atom. The molecule has 0 aliphatic carbocycles. The lowest BCUT2D eigenvalue weighted by molar-refractivity contribution is 0.518. The van der Waals surface area contributed by atoms with E-state index in [0.717, 1.165) is 11.6 Å². The number of rotatable bonds is 4. The molecular weight excluding hydrogens is 258 g/mol. The molecule has 1 atom stereocenters. The van der Waals surface area contributed by atoms with Gasteiger partial charge in [0.25, 0.3) is 0 Å². The summed E-state index contributed by atoms with van der Waals surface area (Å²) >= 11 is 0. The first kappa shape index (κ1) is 14.2. The number of halogens is 2. The average Bonchev–Trinajstić information content (AvgIpc) is 2.45. The molecule has 0 spiro atoms. The van der Waals surface area contributed by atoms with Gasteiger partial charge in [-0.2, -0.15) is 5.26 Å². The van der Waals surface area contributed by atoms with Crippen molar-refractivity contribution in [1.29, 1.82) is 5.26 Å². The fourth-order valence-corrected chi connectivity index (χ4v) is 1.98. The van der Waals surface area contributed by atoms with E-state index < -0.39 is 11.6 Å². The van der Waals surface area contributed by atoms with Crippen LogP contribution in [0.1, 0.15) is 29.7 Å². The van der Waals surface area contributed by atoms with Crippen LogP contribution in [0.3, 0.4) is 0 Å². The monoisotopic (exact) mass is 272 g/mol. The largest absolute Gasteiger partial charge is 0.306 e. The minimum atomic E-state index is -0.583. The van der Waals surface area contributed by atoms with Crippen molar-refractivity contribution in [2.24, 2.45) is 0 Å². The third kappa shape index (κ3) is 3.40. The molecule has 20 heavy (non-hydrogen) atoms. The normalized spacial score (nSPS) is 11.9. The van der Waals surface area contributed by atoms with Gasteiger partial charge in [0.15, 0.2) is 0 Å². The predicted octanol–water partition coefficient (Wildman–Crippen LogP) is 3.69. The van der Waals surface area contributed by atoms with Crippen LogP contribution in [0.25, 0.3) is 0 Å². The third-order valence-corrected chi connectivity index (χ3v) is 3.10. The lowest BCUT2D eigenvalue weighted by Crippen LogP contribution is -2.19. The van der Waals surface area contributed by atoms with Gasteiger partial charge in [0.1, 0.15) is 11.6 Å². The second-order valence-electron chi connectivity index (χ2n) is 4.58. The summed E-state index contributed by atoms with van der Waals surface area (Å²) in [6, 6.07) is 12.6. The number of nitrogens with one attached hydrogen (secondary N) is 1. The van der Waals surface area contributed by atoms with Crippen molar-refractivity contribution in [3.8, 4) is 6.07 Å². The number of nitrogens with zero attached hydrogens (tertiary/aromatic N) is 1. The second-order valence-corrected chi connectivity index (χ2v) is 4.58. The number of hydrogen-bond donors (Lipinski definition) is 1. The van der Waals surface area contributed by atoms with Crippen molar-refractivity contribution in [2.45, 2.75) is 19.5 Å². The average molecular weight is 272 g/mol. The second kappa shape index (κ2) is 6.27. The van der Waals surface area contributed by atoms with Crippen LogP contribution in [0.15, 0.2) is 42.5 Å². The van der Waals surface area contributed by atoms with E-state index in [1.807, 2.05) is 13.0 Å². The molecular formula is C16H14F2N2. The van der Waals surface area contributed by atoms with Crippen LogP contribution in [0.4, 0.5) is 8.78 Å². The molecule has 0 saturated carbocycles. The summed E-state index contributed by atoms with van der Waals surface area (Å²) in [5, 5.41) is 12.0. The third-order valence-electron chi connectivity index (χ3n) is 3.10. The smallest absolute Gasteiger partial charge is 0.130 e. The molecule has 0 heterocycles. The topological polar surface area (TPSA) is 35.8 Å². The molecule has 102 valence electrons. The maximum absolute atomic E-state index is 13.6. The van der Waals surface area contributed by atoms with Crippen LogP contribution in [-0.2, 0) is 6.54 Å². The highest BCUT2D eigenvalue weighted by atomic mass is 19.1. The van der Waals surface area contributed by atoms with E-state index in [1.54, 1.807) is 18.2 Å². The zero-order valence-corrected chi connectivity index (χ0v) is 11.0. The first-order valence-electron chi connectivity index (χ1n) is 6.27. The minimum Gasteiger partial charge on any atom is -0.306 e. The highest BCUT2D eigenvalue weighted by Gasteiger charge is 2.11. The predicted molar refractivity (Wildman–Crippen MR) is 72.8 cm³/mol. The summed E-state index contributed by atoms with van der Waals surface area (Å²) in [5.41, 5.74) is 1.95. The summed E-state index contributed by atoms with van der Waals surface area (Å²) in [7, 11) is 0. The Labute approximate surface area is 116 Å². The van der Waals surface area contributed by atoms with Crippen molar-refractivity contribution in [1.82, 2.24) is 5.32 Å². The van der Waals surface area contributed by atoms with Crippen molar-refractivity contribution < 1.29 is 8.78 Å². The van der Waals surface area contributed by atoms with Crippen LogP contribution in [0.5, 0.6) is 0 Å². The molecule has 0 amide bonds. The molecule has 0 bridgehead atoms. The van der Waals surface area contributed by atoms with Crippen molar-refractivity contribution in [3.63, 3.8) is 0 Å². The summed E-state index contributed by atoms with van der Waals surface area (Å²) in [6.07, 6.45) is 0. The van der Waals surface area contributed by atoms with E-state index in [0.29, 0.717) is 17.7 Å². The zero-order valence-electron chi connectivity index (χ0n) is 11.0. The van der Waals surface area contributed by atoms with Crippen LogP contribution in [0, 0.1) is 23.0 Å². The van der Waals surface area contributed by atoms with Gasteiger partial charge >= 0.3 is 0 Å². The fraction of sp³-hybridized carbons (Fsp3) is 0.188. The summed E-state index contributed by atoms with van der Waals surface area (Å²) in [5.74, 6) is -1.14. The fourth-order valence-electron chi connectivity index (χ4n) is 1.98. The first-order valence-corrected chi connectivity index (χ1v) is 6.27. The molecule has 2 aromatic rings. The van der Waals surface area contributed by atoms with E-state index in [4.69, 9.17) is 5.26 Å². The van der Waals surface area contributed by atoms with Gasteiger partial charge in [-0.15, -0.1) is 0 Å². The van der Waals surface area contributed by atoms with Gasteiger partial charge in [0.05, 0.1) is 11.6 Å². The lowest BCUT2D eigenvalue weighted by Gasteiger charge is -2.15. The highest BCUT2D eigenvalue weighted by molar-refractivity contribution is 5.32. The van der Waals surface area contributed by atoms with E-state index in [1.165, 1.54) is 12.1 Å². The van der Waals surface area contributed by atoms with Crippen LogP contribution in [-0.4, -0.2) is 0 Å². The van der Waals surface area contributed by atoms with Crippen molar-refractivity contribution in [3.05, 3.63) is 70.8 Å². The molecule has 0 aliphatic rings.